The normalized spacial score (nSPS) is 12.3. The minimum atomic E-state index is 0. The van der Waals surface area contributed by atoms with Gasteiger partial charge in [-0.25, -0.2) is 4.98 Å². The number of aliphatic imine (C=N–C) groups is 1. The highest BCUT2D eigenvalue weighted by Crippen LogP contribution is 2.26. The lowest BCUT2D eigenvalue weighted by molar-refractivity contribution is 0.405. The van der Waals surface area contributed by atoms with E-state index in [4.69, 9.17) is 4.74 Å². The number of rotatable bonds is 6. The molecule has 5 nitrogen and oxygen atoms in total. The molecule has 0 spiro atoms. The first-order valence-electron chi connectivity index (χ1n) is 8.12. The van der Waals surface area contributed by atoms with Crippen LogP contribution in [0.4, 0.5) is 0 Å². The maximum absolute atomic E-state index is 5.47. The minimum Gasteiger partial charge on any atom is -0.496 e. The molecule has 0 radical (unpaired) electrons. The second-order valence-corrected chi connectivity index (χ2v) is 6.81. The Morgan fingerprint density at radius 2 is 2.16 bits per heavy atom. The predicted molar refractivity (Wildman–Crippen MR) is 116 cm³/mol. The van der Waals surface area contributed by atoms with Crippen molar-refractivity contribution in [1.82, 2.24) is 15.6 Å². The van der Waals surface area contributed by atoms with Gasteiger partial charge in [0.2, 0.25) is 0 Å². The molecule has 2 rings (SSSR count). The molecular formula is C18H27IN4OS. The van der Waals surface area contributed by atoms with Gasteiger partial charge in [-0.05, 0) is 26.3 Å². The van der Waals surface area contributed by atoms with Crippen LogP contribution in [0.25, 0.3) is 0 Å². The van der Waals surface area contributed by atoms with Crippen LogP contribution in [0.2, 0.25) is 0 Å². The molecule has 1 aromatic carbocycles. The SMILES string of the molecule is CCc1cnc(CNC(=NC)NC(C)c2cc(C)ccc2OC)s1.I. The molecule has 2 aromatic rings. The number of methoxy groups -OCH3 is 1. The summed E-state index contributed by atoms with van der Waals surface area (Å²) in [6.45, 7) is 6.99. The number of aromatic nitrogens is 1. The zero-order chi connectivity index (χ0) is 17.5. The fourth-order valence-corrected chi connectivity index (χ4v) is 3.22. The second-order valence-electron chi connectivity index (χ2n) is 5.61. The van der Waals surface area contributed by atoms with Crippen molar-refractivity contribution in [2.24, 2.45) is 4.99 Å². The highest BCUT2D eigenvalue weighted by molar-refractivity contribution is 14.0. The Morgan fingerprint density at radius 3 is 2.76 bits per heavy atom. The number of guanidine groups is 1. The summed E-state index contributed by atoms with van der Waals surface area (Å²) in [7, 11) is 3.47. The quantitative estimate of drug-likeness (QED) is 0.377. The molecule has 0 fully saturated rings. The monoisotopic (exact) mass is 474 g/mol. The van der Waals surface area contributed by atoms with Gasteiger partial charge in [-0.2, -0.15) is 0 Å². The first-order chi connectivity index (χ1) is 11.6. The van der Waals surface area contributed by atoms with Crippen LogP contribution in [-0.2, 0) is 13.0 Å². The Kier molecular flexibility index (Phi) is 9.20. The molecule has 0 aliphatic rings. The molecule has 0 aliphatic carbocycles. The van der Waals surface area contributed by atoms with Crippen molar-refractivity contribution in [3.8, 4) is 5.75 Å². The van der Waals surface area contributed by atoms with Crippen LogP contribution < -0.4 is 15.4 Å². The number of aryl methyl sites for hydroxylation is 2. The molecule has 1 heterocycles. The number of nitrogens with one attached hydrogen (secondary N) is 2. The molecule has 0 aliphatic heterocycles. The smallest absolute Gasteiger partial charge is 0.191 e. The Balaban J connectivity index is 0.00000312. The topological polar surface area (TPSA) is 58.5 Å². The number of hydrogen-bond donors (Lipinski definition) is 2. The maximum atomic E-state index is 5.47. The minimum absolute atomic E-state index is 0. The van der Waals surface area contributed by atoms with Crippen molar-refractivity contribution >= 4 is 41.3 Å². The summed E-state index contributed by atoms with van der Waals surface area (Å²) in [5, 5.41) is 7.80. The van der Waals surface area contributed by atoms with E-state index in [0.717, 1.165) is 28.7 Å². The molecule has 0 bridgehead atoms. The highest BCUT2D eigenvalue weighted by Gasteiger charge is 2.13. The van der Waals surface area contributed by atoms with Crippen molar-refractivity contribution in [3.63, 3.8) is 0 Å². The van der Waals surface area contributed by atoms with Crippen LogP contribution in [0, 0.1) is 6.92 Å². The average molecular weight is 474 g/mol. The first kappa shape index (κ1) is 21.7. The zero-order valence-electron chi connectivity index (χ0n) is 15.4. The summed E-state index contributed by atoms with van der Waals surface area (Å²) < 4.78 is 5.47. The van der Waals surface area contributed by atoms with Gasteiger partial charge in [-0.3, -0.25) is 4.99 Å². The molecule has 0 saturated carbocycles. The molecule has 0 amide bonds. The van der Waals surface area contributed by atoms with E-state index in [-0.39, 0.29) is 30.0 Å². The number of hydrogen-bond acceptors (Lipinski definition) is 4. The van der Waals surface area contributed by atoms with Crippen molar-refractivity contribution in [1.29, 1.82) is 0 Å². The van der Waals surface area contributed by atoms with E-state index < -0.39 is 0 Å². The van der Waals surface area contributed by atoms with E-state index >= 15 is 0 Å². The van der Waals surface area contributed by atoms with Gasteiger partial charge in [0.15, 0.2) is 5.96 Å². The average Bonchev–Trinajstić information content (AvgIpc) is 3.06. The van der Waals surface area contributed by atoms with Crippen LogP contribution in [-0.4, -0.2) is 25.1 Å². The van der Waals surface area contributed by atoms with E-state index in [2.05, 4.69) is 53.5 Å². The third-order valence-corrected chi connectivity index (χ3v) is 4.93. The van der Waals surface area contributed by atoms with Crippen LogP contribution >= 0.6 is 35.3 Å². The van der Waals surface area contributed by atoms with Gasteiger partial charge < -0.3 is 15.4 Å². The summed E-state index contributed by atoms with van der Waals surface area (Å²) in [5.74, 6) is 1.63. The second kappa shape index (κ2) is 10.6. The molecule has 0 saturated heterocycles. The van der Waals surface area contributed by atoms with Crippen LogP contribution in [0.3, 0.4) is 0 Å². The number of thiazole rings is 1. The van der Waals surface area contributed by atoms with Gasteiger partial charge in [0, 0.05) is 23.7 Å². The van der Waals surface area contributed by atoms with Gasteiger partial charge >= 0.3 is 0 Å². The van der Waals surface area contributed by atoms with Crippen molar-refractivity contribution in [3.05, 3.63) is 45.4 Å². The third-order valence-electron chi connectivity index (χ3n) is 3.79. The van der Waals surface area contributed by atoms with Gasteiger partial charge in [-0.15, -0.1) is 35.3 Å². The summed E-state index contributed by atoms with van der Waals surface area (Å²) in [5.41, 5.74) is 2.32. The van der Waals surface area contributed by atoms with Gasteiger partial charge in [0.05, 0.1) is 19.7 Å². The van der Waals surface area contributed by atoms with Gasteiger partial charge in [0.1, 0.15) is 10.8 Å². The molecule has 2 N–H and O–H groups in total. The van der Waals surface area contributed by atoms with Gasteiger partial charge in [0.25, 0.3) is 0 Å². The molecule has 138 valence electrons. The lowest BCUT2D eigenvalue weighted by atomic mass is 10.0. The van der Waals surface area contributed by atoms with E-state index in [0.29, 0.717) is 6.54 Å². The van der Waals surface area contributed by atoms with E-state index in [9.17, 15) is 0 Å². The van der Waals surface area contributed by atoms with Crippen molar-refractivity contribution in [2.75, 3.05) is 14.2 Å². The van der Waals surface area contributed by atoms with E-state index in [1.54, 1.807) is 25.5 Å². The van der Waals surface area contributed by atoms with Gasteiger partial charge in [-0.1, -0.05) is 24.6 Å². The molecule has 1 atom stereocenters. The fourth-order valence-electron chi connectivity index (χ4n) is 2.42. The Hall–Kier alpha value is -1.35. The first-order valence-corrected chi connectivity index (χ1v) is 8.94. The number of benzene rings is 1. The Labute approximate surface area is 171 Å². The van der Waals surface area contributed by atoms with E-state index in [1.165, 1.54) is 10.4 Å². The fraction of sp³-hybridized carbons (Fsp3) is 0.444. The largest absolute Gasteiger partial charge is 0.496 e. The number of nitrogens with zero attached hydrogens (tertiary/aromatic N) is 2. The standard InChI is InChI=1S/C18H26N4OS.HI/c1-6-14-10-20-17(24-14)11-21-18(19-4)22-13(3)15-9-12(2)7-8-16(15)23-5;/h7-10,13H,6,11H2,1-5H3,(H2,19,21,22);1H. The molecular weight excluding hydrogens is 447 g/mol. The van der Waals surface area contributed by atoms with Crippen LogP contribution in [0.5, 0.6) is 5.75 Å². The molecule has 1 aromatic heterocycles. The van der Waals surface area contributed by atoms with Crippen LogP contribution in [0.1, 0.15) is 40.9 Å². The highest BCUT2D eigenvalue weighted by atomic mass is 127. The summed E-state index contributed by atoms with van der Waals surface area (Å²) in [6.07, 6.45) is 2.97. The summed E-state index contributed by atoms with van der Waals surface area (Å²) in [6, 6.07) is 6.27. The molecule has 1 unspecified atom stereocenters. The Morgan fingerprint density at radius 1 is 1.40 bits per heavy atom. The lowest BCUT2D eigenvalue weighted by Gasteiger charge is -2.20. The number of ether oxygens (including phenoxy) is 1. The summed E-state index contributed by atoms with van der Waals surface area (Å²) >= 11 is 1.73. The van der Waals surface area contributed by atoms with Crippen molar-refractivity contribution < 1.29 is 4.74 Å². The molecule has 7 heteroatoms. The van der Waals surface area contributed by atoms with Crippen molar-refractivity contribution in [2.45, 2.75) is 39.8 Å². The van der Waals surface area contributed by atoms with E-state index in [1.807, 2.05) is 12.3 Å². The Bertz CT molecular complexity index is 702. The third kappa shape index (κ3) is 6.14. The number of halogens is 1. The zero-order valence-corrected chi connectivity index (χ0v) is 18.6. The molecule has 25 heavy (non-hydrogen) atoms. The summed E-state index contributed by atoms with van der Waals surface area (Å²) in [4.78, 5) is 10.0. The maximum Gasteiger partial charge on any atom is 0.191 e. The van der Waals surface area contributed by atoms with Crippen LogP contribution in [0.15, 0.2) is 29.4 Å². The lowest BCUT2D eigenvalue weighted by Crippen LogP contribution is -2.38. The predicted octanol–water partition coefficient (Wildman–Crippen LogP) is 4.07.